The zero-order valence-electron chi connectivity index (χ0n) is 19.2. The van der Waals surface area contributed by atoms with Gasteiger partial charge >= 0.3 is 0 Å². The summed E-state index contributed by atoms with van der Waals surface area (Å²) in [4.78, 5) is 21.6. The van der Waals surface area contributed by atoms with Crippen LogP contribution in [0.2, 0.25) is 0 Å². The number of rotatable bonds is 6. The van der Waals surface area contributed by atoms with Crippen molar-refractivity contribution in [2.75, 3.05) is 56.0 Å². The van der Waals surface area contributed by atoms with Crippen LogP contribution in [0.3, 0.4) is 0 Å². The summed E-state index contributed by atoms with van der Waals surface area (Å²) in [5, 5.41) is 5.30. The molecule has 1 saturated heterocycles. The number of thiophene rings is 1. The van der Waals surface area contributed by atoms with Crippen LogP contribution in [0, 0.1) is 0 Å². The molecule has 2 aliphatic rings. The number of hydrogen-bond acceptors (Lipinski definition) is 5. The third kappa shape index (κ3) is 4.98. The van der Waals surface area contributed by atoms with Crippen molar-refractivity contribution in [3.63, 3.8) is 0 Å². The smallest absolute Gasteiger partial charge is 0.238 e. The van der Waals surface area contributed by atoms with Crippen LogP contribution in [0.5, 0.6) is 0 Å². The predicted molar refractivity (Wildman–Crippen MR) is 137 cm³/mol. The third-order valence-corrected chi connectivity index (χ3v) is 7.86. The molecule has 2 aromatic carbocycles. The molecule has 1 unspecified atom stereocenters. The second-order valence-electron chi connectivity index (χ2n) is 8.85. The average molecular weight is 461 g/mol. The molecule has 0 aliphatic carbocycles. The van der Waals surface area contributed by atoms with Crippen molar-refractivity contribution in [2.24, 2.45) is 0 Å². The lowest BCUT2D eigenvalue weighted by atomic mass is 9.93. The minimum atomic E-state index is 0.0407. The van der Waals surface area contributed by atoms with Crippen LogP contribution in [0.4, 0.5) is 11.4 Å². The number of anilines is 2. The van der Waals surface area contributed by atoms with Crippen molar-refractivity contribution < 1.29 is 4.79 Å². The molecule has 0 spiro atoms. The summed E-state index contributed by atoms with van der Waals surface area (Å²) in [5.41, 5.74) is 4.68. The van der Waals surface area contributed by atoms with Crippen LogP contribution >= 0.6 is 11.3 Å². The number of benzene rings is 2. The first-order chi connectivity index (χ1) is 16.2. The molecule has 5 rings (SSSR count). The lowest BCUT2D eigenvalue weighted by Gasteiger charge is -2.36. The predicted octanol–water partition coefficient (Wildman–Crippen LogP) is 4.48. The summed E-state index contributed by atoms with van der Waals surface area (Å²) in [6.07, 6.45) is 1.00. The van der Waals surface area contributed by atoms with Crippen LogP contribution in [-0.2, 0) is 11.2 Å². The summed E-state index contributed by atoms with van der Waals surface area (Å²) in [7, 11) is 0. The Kier molecular flexibility index (Phi) is 6.76. The first kappa shape index (κ1) is 22.1. The maximum absolute atomic E-state index is 13.0. The zero-order chi connectivity index (χ0) is 22.6. The molecule has 1 amide bonds. The van der Waals surface area contributed by atoms with Gasteiger partial charge in [0.2, 0.25) is 5.91 Å². The molecule has 2 aliphatic heterocycles. The molecule has 33 heavy (non-hydrogen) atoms. The van der Waals surface area contributed by atoms with E-state index in [2.05, 4.69) is 74.8 Å². The Labute approximate surface area is 200 Å². The molecular formula is C27H32N4OS. The van der Waals surface area contributed by atoms with Gasteiger partial charge in [0.05, 0.1) is 12.6 Å². The fraction of sp³-hybridized carbons (Fsp3) is 0.370. The van der Waals surface area contributed by atoms with E-state index in [-0.39, 0.29) is 11.9 Å². The number of piperazine rings is 1. The molecule has 172 valence electrons. The molecule has 6 heteroatoms. The highest BCUT2D eigenvalue weighted by atomic mass is 32.1. The van der Waals surface area contributed by atoms with Gasteiger partial charge in [-0.05, 0) is 59.8 Å². The van der Waals surface area contributed by atoms with Crippen molar-refractivity contribution in [2.45, 2.75) is 19.4 Å². The van der Waals surface area contributed by atoms with E-state index in [9.17, 15) is 4.79 Å². The molecule has 3 aromatic rings. The monoisotopic (exact) mass is 460 g/mol. The number of fused-ring (bicyclic) bond motifs is 1. The van der Waals surface area contributed by atoms with Crippen molar-refractivity contribution in [3.05, 3.63) is 82.0 Å². The maximum atomic E-state index is 13.0. The topological polar surface area (TPSA) is 38.8 Å². The van der Waals surface area contributed by atoms with Gasteiger partial charge in [-0.15, -0.1) is 11.3 Å². The molecule has 0 saturated carbocycles. The number of nitrogens with one attached hydrogen (secondary N) is 1. The van der Waals surface area contributed by atoms with Gasteiger partial charge in [-0.2, -0.15) is 0 Å². The summed E-state index contributed by atoms with van der Waals surface area (Å²) >= 11 is 1.83. The lowest BCUT2D eigenvalue weighted by molar-refractivity contribution is -0.117. The highest BCUT2D eigenvalue weighted by Gasteiger charge is 2.30. The van der Waals surface area contributed by atoms with Crippen molar-refractivity contribution in [3.8, 4) is 0 Å². The first-order valence-corrected chi connectivity index (χ1v) is 12.8. The Bertz CT molecular complexity index is 1060. The number of nitrogens with zero attached hydrogens (tertiary/aromatic N) is 3. The van der Waals surface area contributed by atoms with E-state index in [1.54, 1.807) is 0 Å². The van der Waals surface area contributed by atoms with Crippen LogP contribution in [0.25, 0.3) is 0 Å². The lowest BCUT2D eigenvalue weighted by Crippen LogP contribution is -2.46. The largest absolute Gasteiger partial charge is 0.369 e. The normalized spacial score (nSPS) is 19.3. The fourth-order valence-electron chi connectivity index (χ4n) is 5.03. The third-order valence-electron chi connectivity index (χ3n) is 6.86. The quantitative estimate of drug-likeness (QED) is 0.589. The molecule has 5 nitrogen and oxygen atoms in total. The standard InChI is InChI=1S/C27H32N4OS/c1-2-29-15-17-30(18-16-29)23-10-8-22(9-11-23)28-26(32)20-31-14-12-25-24(13-19-33-25)27(31)21-6-4-3-5-7-21/h3-11,13,19,27H,2,12,14-18,20H2,1H3,(H,28,32). The van der Waals surface area contributed by atoms with Crippen LogP contribution in [0.15, 0.2) is 66.0 Å². The van der Waals surface area contributed by atoms with Gasteiger partial charge in [0.1, 0.15) is 0 Å². The molecule has 3 heterocycles. The molecule has 0 radical (unpaired) electrons. The van der Waals surface area contributed by atoms with Crippen molar-refractivity contribution in [1.82, 2.24) is 9.80 Å². The van der Waals surface area contributed by atoms with E-state index in [0.29, 0.717) is 6.54 Å². The number of likely N-dealkylation sites (N-methyl/N-ethyl adjacent to an activating group) is 1. The Morgan fingerprint density at radius 3 is 2.45 bits per heavy atom. The zero-order valence-corrected chi connectivity index (χ0v) is 20.1. The molecule has 1 aromatic heterocycles. The van der Waals surface area contributed by atoms with Crippen LogP contribution < -0.4 is 10.2 Å². The maximum Gasteiger partial charge on any atom is 0.238 e. The van der Waals surface area contributed by atoms with E-state index in [1.165, 1.54) is 21.7 Å². The summed E-state index contributed by atoms with van der Waals surface area (Å²) in [6.45, 7) is 8.95. The number of amides is 1. The Hall–Kier alpha value is -2.67. The summed E-state index contributed by atoms with van der Waals surface area (Å²) in [6, 6.07) is 21.2. The van der Waals surface area contributed by atoms with E-state index in [1.807, 2.05) is 29.5 Å². The molecule has 1 atom stereocenters. The van der Waals surface area contributed by atoms with E-state index >= 15 is 0 Å². The number of carbonyl (C=O) groups excluding carboxylic acids is 1. The molecule has 1 N–H and O–H groups in total. The molecular weight excluding hydrogens is 428 g/mol. The van der Waals surface area contributed by atoms with Crippen LogP contribution in [0.1, 0.15) is 29.0 Å². The Morgan fingerprint density at radius 1 is 0.970 bits per heavy atom. The minimum absolute atomic E-state index is 0.0407. The fourth-order valence-corrected chi connectivity index (χ4v) is 5.93. The average Bonchev–Trinajstić information content (AvgIpc) is 3.34. The Morgan fingerprint density at radius 2 is 1.73 bits per heavy atom. The van der Waals surface area contributed by atoms with Crippen molar-refractivity contribution >= 4 is 28.6 Å². The second kappa shape index (κ2) is 10.1. The van der Waals surface area contributed by atoms with E-state index in [0.717, 1.165) is 51.4 Å². The van der Waals surface area contributed by atoms with Gasteiger partial charge in [-0.25, -0.2) is 0 Å². The SMILES string of the molecule is CCN1CCN(c2ccc(NC(=O)CN3CCc4sccc4C3c3ccccc3)cc2)CC1. The highest BCUT2D eigenvalue weighted by Crippen LogP contribution is 2.37. The van der Waals surface area contributed by atoms with Gasteiger partial charge in [0, 0.05) is 49.0 Å². The van der Waals surface area contributed by atoms with Crippen molar-refractivity contribution in [1.29, 1.82) is 0 Å². The number of hydrogen-bond donors (Lipinski definition) is 1. The van der Waals surface area contributed by atoms with Crippen LogP contribution in [-0.4, -0.2) is 61.5 Å². The summed E-state index contributed by atoms with van der Waals surface area (Å²) in [5.74, 6) is 0.0407. The Balaban J connectivity index is 1.23. The minimum Gasteiger partial charge on any atom is -0.369 e. The van der Waals surface area contributed by atoms with Gasteiger partial charge < -0.3 is 15.1 Å². The van der Waals surface area contributed by atoms with Gasteiger partial charge in [-0.1, -0.05) is 37.3 Å². The van der Waals surface area contributed by atoms with E-state index in [4.69, 9.17) is 0 Å². The first-order valence-electron chi connectivity index (χ1n) is 11.9. The van der Waals surface area contributed by atoms with Gasteiger partial charge in [0.25, 0.3) is 0 Å². The van der Waals surface area contributed by atoms with Gasteiger partial charge in [-0.3, -0.25) is 9.69 Å². The number of carbonyl (C=O) groups is 1. The summed E-state index contributed by atoms with van der Waals surface area (Å²) < 4.78 is 0. The molecule has 0 bridgehead atoms. The highest BCUT2D eigenvalue weighted by molar-refractivity contribution is 7.10. The van der Waals surface area contributed by atoms with Gasteiger partial charge in [0.15, 0.2) is 0 Å². The molecule has 1 fully saturated rings. The van der Waals surface area contributed by atoms with E-state index < -0.39 is 0 Å². The second-order valence-corrected chi connectivity index (χ2v) is 9.85.